The highest BCUT2D eigenvalue weighted by Gasteiger charge is 2.32. The molecule has 8 heteroatoms. The van der Waals surface area contributed by atoms with Crippen molar-refractivity contribution in [3.05, 3.63) is 34.3 Å². The van der Waals surface area contributed by atoms with Crippen LogP contribution in [-0.2, 0) is 19.9 Å². The Morgan fingerprint density at radius 1 is 1.26 bits per heavy atom. The lowest BCUT2D eigenvalue weighted by atomic mass is 9.92. The summed E-state index contributed by atoms with van der Waals surface area (Å²) >= 11 is 3.33. The lowest BCUT2D eigenvalue weighted by Crippen LogP contribution is -2.50. The molecule has 1 aliphatic rings. The minimum Gasteiger partial charge on any atom is -0.352 e. The van der Waals surface area contributed by atoms with Gasteiger partial charge in [-0.25, -0.2) is 0 Å². The molecule has 1 atom stereocenters. The van der Waals surface area contributed by atoms with Crippen LogP contribution in [0.3, 0.4) is 0 Å². The molecule has 23 heavy (non-hydrogen) atoms. The highest BCUT2D eigenvalue weighted by molar-refractivity contribution is 9.10. The van der Waals surface area contributed by atoms with Crippen molar-refractivity contribution in [1.82, 2.24) is 10.2 Å². The van der Waals surface area contributed by atoms with Gasteiger partial charge in [0, 0.05) is 30.4 Å². The van der Waals surface area contributed by atoms with E-state index in [-0.39, 0.29) is 56.1 Å². The van der Waals surface area contributed by atoms with Crippen LogP contribution in [0, 0.1) is 0 Å². The summed E-state index contributed by atoms with van der Waals surface area (Å²) in [6, 6.07) is 7.18. The van der Waals surface area contributed by atoms with Gasteiger partial charge >= 0.3 is 0 Å². The van der Waals surface area contributed by atoms with Crippen molar-refractivity contribution in [2.45, 2.75) is 25.3 Å². The topological polar surface area (TPSA) is 92.5 Å². The van der Waals surface area contributed by atoms with Crippen LogP contribution in [0.25, 0.3) is 0 Å². The van der Waals surface area contributed by atoms with E-state index in [4.69, 9.17) is 5.73 Å². The molecule has 6 nitrogen and oxygen atoms in total. The fourth-order valence-corrected chi connectivity index (χ4v) is 2.53. The molecule has 0 aliphatic carbocycles. The first-order chi connectivity index (χ1) is 10.3. The number of nitrogens with two attached hydrogens (primary N) is 1. The van der Waals surface area contributed by atoms with E-state index in [1.54, 1.807) is 19.1 Å². The molecule has 0 spiro atoms. The van der Waals surface area contributed by atoms with Crippen molar-refractivity contribution in [3.63, 3.8) is 0 Å². The normalized spacial score (nSPS) is 16.7. The summed E-state index contributed by atoms with van der Waals surface area (Å²) in [5, 5.41) is 2.68. The van der Waals surface area contributed by atoms with Crippen LogP contribution >= 0.6 is 28.3 Å². The molecule has 2 rings (SSSR count). The fraction of sp³-hybridized carbons (Fsp3) is 0.400. The number of benzene rings is 1. The van der Waals surface area contributed by atoms with Crippen LogP contribution in [0.4, 0.5) is 0 Å². The molecule has 0 bridgehead atoms. The molecule has 1 aromatic carbocycles. The Bertz CT molecular complexity index is 588. The summed E-state index contributed by atoms with van der Waals surface area (Å²) in [6.07, 6.45) is 0.501. The molecule has 1 unspecified atom stereocenters. The number of nitrogens with zero attached hydrogens (tertiary/aromatic N) is 1. The van der Waals surface area contributed by atoms with Gasteiger partial charge in [-0.05, 0) is 24.6 Å². The van der Waals surface area contributed by atoms with Gasteiger partial charge < -0.3 is 11.1 Å². The molecule has 0 radical (unpaired) electrons. The maximum atomic E-state index is 12.3. The summed E-state index contributed by atoms with van der Waals surface area (Å²) in [5.74, 6) is -0.737. The van der Waals surface area contributed by atoms with Gasteiger partial charge in [-0.2, -0.15) is 0 Å². The minimum absolute atomic E-state index is 0. The van der Waals surface area contributed by atoms with Gasteiger partial charge in [-0.1, -0.05) is 28.1 Å². The van der Waals surface area contributed by atoms with Crippen LogP contribution in [0.2, 0.25) is 0 Å². The zero-order valence-corrected chi connectivity index (χ0v) is 15.1. The first-order valence-corrected chi connectivity index (χ1v) is 7.78. The molecule has 3 N–H and O–H groups in total. The van der Waals surface area contributed by atoms with Crippen molar-refractivity contribution in [1.29, 1.82) is 0 Å². The van der Waals surface area contributed by atoms with Gasteiger partial charge in [0.1, 0.15) is 5.54 Å². The van der Waals surface area contributed by atoms with Crippen molar-refractivity contribution in [3.8, 4) is 0 Å². The van der Waals surface area contributed by atoms with Crippen molar-refractivity contribution < 1.29 is 14.4 Å². The van der Waals surface area contributed by atoms with E-state index in [2.05, 4.69) is 21.2 Å². The number of hydrogen-bond donors (Lipinski definition) is 2. The Hall–Kier alpha value is -1.44. The Morgan fingerprint density at radius 2 is 1.78 bits per heavy atom. The van der Waals surface area contributed by atoms with Gasteiger partial charge in [0.25, 0.3) is 0 Å². The minimum atomic E-state index is -1.18. The van der Waals surface area contributed by atoms with Crippen molar-refractivity contribution in [2.75, 3.05) is 13.1 Å². The van der Waals surface area contributed by atoms with E-state index in [0.29, 0.717) is 5.56 Å². The molecule has 0 saturated carbocycles. The predicted molar refractivity (Wildman–Crippen MR) is 91.9 cm³/mol. The Labute approximate surface area is 149 Å². The third kappa shape index (κ3) is 4.53. The van der Waals surface area contributed by atoms with Crippen LogP contribution in [0.5, 0.6) is 0 Å². The zero-order chi connectivity index (χ0) is 16.3. The second kappa shape index (κ2) is 7.90. The third-order valence-electron chi connectivity index (χ3n) is 3.69. The molecule has 1 aromatic rings. The average molecular weight is 405 g/mol. The monoisotopic (exact) mass is 403 g/mol. The fourth-order valence-electron chi connectivity index (χ4n) is 2.26. The number of rotatable bonds is 5. The van der Waals surface area contributed by atoms with E-state index in [1.807, 2.05) is 12.1 Å². The smallest absolute Gasteiger partial charge is 0.244 e. The number of imide groups is 1. The molecule has 1 saturated heterocycles. The van der Waals surface area contributed by atoms with Crippen molar-refractivity contribution in [2.24, 2.45) is 5.73 Å². The summed E-state index contributed by atoms with van der Waals surface area (Å²) in [6.45, 7) is 2.00. The van der Waals surface area contributed by atoms with Crippen molar-refractivity contribution >= 4 is 46.1 Å². The number of halogens is 2. The highest BCUT2D eigenvalue weighted by Crippen LogP contribution is 2.20. The number of carbonyl (C=O) groups is 3. The Balaban J connectivity index is 0.00000264. The molecule has 1 aliphatic heterocycles. The molecule has 3 amide bonds. The van der Waals surface area contributed by atoms with Crippen LogP contribution < -0.4 is 11.1 Å². The van der Waals surface area contributed by atoms with E-state index in [9.17, 15) is 14.4 Å². The lowest BCUT2D eigenvalue weighted by molar-refractivity contribution is -0.138. The second-order valence-electron chi connectivity index (χ2n) is 5.40. The van der Waals surface area contributed by atoms with E-state index in [1.165, 1.54) is 4.90 Å². The van der Waals surface area contributed by atoms with Gasteiger partial charge in [-0.15, -0.1) is 12.4 Å². The largest absolute Gasteiger partial charge is 0.352 e. The SMILES string of the molecule is CC(N)(C(=O)NCCN1C(=O)CCC1=O)c1ccc(Br)cc1.Cl. The molecule has 1 heterocycles. The van der Waals surface area contributed by atoms with E-state index >= 15 is 0 Å². The van der Waals surface area contributed by atoms with Gasteiger partial charge in [-0.3, -0.25) is 19.3 Å². The Morgan fingerprint density at radius 3 is 2.30 bits per heavy atom. The molecule has 126 valence electrons. The first kappa shape index (κ1) is 19.6. The predicted octanol–water partition coefficient (Wildman–Crippen LogP) is 1.31. The molecule has 1 fully saturated rings. The van der Waals surface area contributed by atoms with E-state index < -0.39 is 5.54 Å². The summed E-state index contributed by atoms with van der Waals surface area (Å²) in [7, 11) is 0. The third-order valence-corrected chi connectivity index (χ3v) is 4.22. The molecule has 0 aromatic heterocycles. The molecular weight excluding hydrogens is 386 g/mol. The number of likely N-dealkylation sites (tertiary alicyclic amines) is 1. The van der Waals surface area contributed by atoms with Crippen LogP contribution in [-0.4, -0.2) is 35.7 Å². The number of nitrogens with one attached hydrogen (secondary N) is 1. The second-order valence-corrected chi connectivity index (χ2v) is 6.32. The van der Waals surface area contributed by atoms with Crippen LogP contribution in [0.15, 0.2) is 28.7 Å². The van der Waals surface area contributed by atoms with Gasteiger partial charge in [0.05, 0.1) is 0 Å². The average Bonchev–Trinajstić information content (AvgIpc) is 2.79. The van der Waals surface area contributed by atoms with Gasteiger partial charge in [0.2, 0.25) is 17.7 Å². The zero-order valence-electron chi connectivity index (χ0n) is 12.7. The lowest BCUT2D eigenvalue weighted by Gasteiger charge is -2.25. The highest BCUT2D eigenvalue weighted by atomic mass is 79.9. The number of carbonyl (C=O) groups excluding carboxylic acids is 3. The standard InChI is InChI=1S/C15H18BrN3O3.ClH/c1-15(17,10-2-4-11(16)5-3-10)14(22)18-8-9-19-12(20)6-7-13(19)21;/h2-5H,6-9,17H2,1H3,(H,18,22);1H. The number of amides is 3. The number of hydrogen-bond acceptors (Lipinski definition) is 4. The molecular formula is C15H19BrClN3O3. The summed E-state index contributed by atoms with van der Waals surface area (Å²) in [5.41, 5.74) is 5.61. The van der Waals surface area contributed by atoms with Crippen LogP contribution in [0.1, 0.15) is 25.3 Å². The Kier molecular flexibility index (Phi) is 6.73. The summed E-state index contributed by atoms with van der Waals surface area (Å²) < 4.78 is 0.901. The quantitative estimate of drug-likeness (QED) is 0.724. The van der Waals surface area contributed by atoms with E-state index in [0.717, 1.165) is 4.47 Å². The maximum Gasteiger partial charge on any atom is 0.244 e. The summed E-state index contributed by atoms with van der Waals surface area (Å²) in [4.78, 5) is 36.4. The maximum absolute atomic E-state index is 12.3. The van der Waals surface area contributed by atoms with Gasteiger partial charge in [0.15, 0.2) is 0 Å². The first-order valence-electron chi connectivity index (χ1n) is 6.99.